The average molecular weight is 123 g/mol. The highest BCUT2D eigenvalue weighted by Gasteiger charge is 2.31. The smallest absolute Gasteiger partial charge is 0.0349 e. The summed E-state index contributed by atoms with van der Waals surface area (Å²) in [7, 11) is 0. The van der Waals surface area contributed by atoms with Crippen molar-refractivity contribution in [3.8, 4) is 0 Å². The van der Waals surface area contributed by atoms with Gasteiger partial charge in [0.2, 0.25) is 0 Å². The number of rotatable bonds is 1. The molecule has 51 valence electrons. The molecule has 0 heteroatoms. The summed E-state index contributed by atoms with van der Waals surface area (Å²) in [5, 5.41) is 0. The summed E-state index contributed by atoms with van der Waals surface area (Å²) in [5.74, 6) is 2.17. The molecule has 2 rings (SSSR count). The predicted octanol–water partition coefficient (Wildman–Crippen LogP) is 2.79. The molecule has 1 unspecified atom stereocenters. The Kier molecular flexibility index (Phi) is 1.48. The first kappa shape index (κ1) is 5.76. The maximum Gasteiger partial charge on any atom is -0.0349 e. The molecule has 0 aromatic heterocycles. The fraction of sp³-hybridized carbons (Fsp3) is 0.889. The Bertz CT molecular complexity index is 86.2. The number of hydrogen-bond acceptors (Lipinski definition) is 0. The van der Waals surface area contributed by atoms with Gasteiger partial charge in [0.05, 0.1) is 0 Å². The average Bonchev–Trinajstić information content (AvgIpc) is 2.71. The maximum atomic E-state index is 2.48. The first-order valence-corrected chi connectivity index (χ1v) is 4.30. The van der Waals surface area contributed by atoms with Crippen LogP contribution in [0.3, 0.4) is 0 Å². The third-order valence-electron chi connectivity index (χ3n) is 2.76. The zero-order chi connectivity index (χ0) is 6.10. The molecule has 1 atom stereocenters. The molecule has 2 aliphatic carbocycles. The van der Waals surface area contributed by atoms with Crippen molar-refractivity contribution in [3.63, 3.8) is 0 Å². The Labute approximate surface area is 57.6 Å². The maximum absolute atomic E-state index is 2.48. The second-order valence-electron chi connectivity index (χ2n) is 3.53. The van der Waals surface area contributed by atoms with Crippen LogP contribution >= 0.6 is 0 Å². The van der Waals surface area contributed by atoms with Crippen molar-refractivity contribution in [1.29, 1.82) is 0 Å². The summed E-state index contributed by atoms with van der Waals surface area (Å²) in [6, 6.07) is 0. The van der Waals surface area contributed by atoms with Gasteiger partial charge in [-0.3, -0.25) is 0 Å². The van der Waals surface area contributed by atoms with Crippen LogP contribution in [0.2, 0.25) is 0 Å². The van der Waals surface area contributed by atoms with Crippen LogP contribution in [0.25, 0.3) is 0 Å². The largest absolute Gasteiger partial charge is 0.0533 e. The van der Waals surface area contributed by atoms with Crippen molar-refractivity contribution in [2.75, 3.05) is 0 Å². The van der Waals surface area contributed by atoms with E-state index in [-0.39, 0.29) is 0 Å². The van der Waals surface area contributed by atoms with Gasteiger partial charge in [0, 0.05) is 0 Å². The molecule has 1 radical (unpaired) electrons. The van der Waals surface area contributed by atoms with E-state index in [4.69, 9.17) is 0 Å². The topological polar surface area (TPSA) is 0 Å². The molecular formula is C9H15. The minimum absolute atomic E-state index is 1.06. The van der Waals surface area contributed by atoms with Gasteiger partial charge in [0.15, 0.2) is 0 Å². The van der Waals surface area contributed by atoms with Crippen LogP contribution in [0.5, 0.6) is 0 Å². The Morgan fingerprint density at radius 1 is 1.00 bits per heavy atom. The van der Waals surface area contributed by atoms with Crippen molar-refractivity contribution in [2.45, 2.75) is 38.5 Å². The van der Waals surface area contributed by atoms with Gasteiger partial charge in [-0.25, -0.2) is 0 Å². The van der Waals surface area contributed by atoms with Gasteiger partial charge in [-0.2, -0.15) is 0 Å². The lowest BCUT2D eigenvalue weighted by Crippen LogP contribution is -2.07. The fourth-order valence-corrected chi connectivity index (χ4v) is 2.03. The zero-order valence-electron chi connectivity index (χ0n) is 5.97. The van der Waals surface area contributed by atoms with Crippen LogP contribution in [-0.2, 0) is 0 Å². The van der Waals surface area contributed by atoms with Crippen molar-refractivity contribution in [2.24, 2.45) is 11.8 Å². The van der Waals surface area contributed by atoms with Gasteiger partial charge in [0.1, 0.15) is 0 Å². The summed E-state index contributed by atoms with van der Waals surface area (Å²) in [4.78, 5) is 0. The van der Waals surface area contributed by atoms with Crippen LogP contribution < -0.4 is 0 Å². The minimum atomic E-state index is 1.06. The highest BCUT2D eigenvalue weighted by atomic mass is 14.4. The van der Waals surface area contributed by atoms with Crippen molar-refractivity contribution in [3.05, 3.63) is 6.42 Å². The van der Waals surface area contributed by atoms with Gasteiger partial charge < -0.3 is 0 Å². The van der Waals surface area contributed by atoms with E-state index in [1.165, 1.54) is 38.5 Å². The van der Waals surface area contributed by atoms with Crippen LogP contribution in [-0.4, -0.2) is 0 Å². The first-order chi connectivity index (χ1) is 4.47. The van der Waals surface area contributed by atoms with E-state index in [1.54, 1.807) is 0 Å². The third kappa shape index (κ3) is 1.28. The molecule has 0 spiro atoms. The molecule has 2 saturated carbocycles. The van der Waals surface area contributed by atoms with Gasteiger partial charge in [0.25, 0.3) is 0 Å². The molecule has 2 aliphatic rings. The molecule has 0 heterocycles. The molecule has 0 nitrogen and oxygen atoms in total. The summed E-state index contributed by atoms with van der Waals surface area (Å²) >= 11 is 0. The number of hydrogen-bond donors (Lipinski definition) is 0. The monoisotopic (exact) mass is 123 g/mol. The van der Waals surface area contributed by atoms with E-state index in [0.717, 1.165) is 11.8 Å². The molecule has 0 aromatic rings. The van der Waals surface area contributed by atoms with Crippen molar-refractivity contribution >= 4 is 0 Å². The van der Waals surface area contributed by atoms with Gasteiger partial charge in [-0.15, -0.1) is 0 Å². The zero-order valence-corrected chi connectivity index (χ0v) is 5.97. The molecular weight excluding hydrogens is 108 g/mol. The second kappa shape index (κ2) is 2.32. The van der Waals surface area contributed by atoms with E-state index < -0.39 is 0 Å². The van der Waals surface area contributed by atoms with Gasteiger partial charge in [-0.05, 0) is 24.7 Å². The van der Waals surface area contributed by atoms with Crippen molar-refractivity contribution in [1.82, 2.24) is 0 Å². The van der Waals surface area contributed by atoms with Crippen LogP contribution in [0.15, 0.2) is 0 Å². The normalized spacial score (nSPS) is 30.7. The SMILES string of the molecule is [CH]1CC1C1CCCCC1. The summed E-state index contributed by atoms with van der Waals surface area (Å²) in [5.41, 5.74) is 0. The summed E-state index contributed by atoms with van der Waals surface area (Å²) in [6.07, 6.45) is 11.5. The molecule has 2 fully saturated rings. The fourth-order valence-electron chi connectivity index (χ4n) is 2.03. The predicted molar refractivity (Wildman–Crippen MR) is 39.0 cm³/mol. The molecule has 0 aromatic carbocycles. The highest BCUT2D eigenvalue weighted by Crippen LogP contribution is 2.42. The van der Waals surface area contributed by atoms with E-state index in [1.807, 2.05) is 0 Å². The molecule has 0 saturated heterocycles. The second-order valence-corrected chi connectivity index (χ2v) is 3.53. The molecule has 0 bridgehead atoms. The van der Waals surface area contributed by atoms with Crippen LogP contribution in [0.4, 0.5) is 0 Å². The van der Waals surface area contributed by atoms with Gasteiger partial charge in [-0.1, -0.05) is 32.1 Å². The lowest BCUT2D eigenvalue weighted by molar-refractivity contribution is 0.329. The minimum Gasteiger partial charge on any atom is -0.0533 e. The van der Waals surface area contributed by atoms with E-state index in [2.05, 4.69) is 6.42 Å². The van der Waals surface area contributed by atoms with E-state index in [9.17, 15) is 0 Å². The Morgan fingerprint density at radius 3 is 2.22 bits per heavy atom. The lowest BCUT2D eigenvalue weighted by atomic mass is 9.86. The lowest BCUT2D eigenvalue weighted by Gasteiger charge is -2.20. The Balaban J connectivity index is 1.80. The van der Waals surface area contributed by atoms with Crippen LogP contribution in [0, 0.1) is 18.3 Å². The molecule has 0 amide bonds. The highest BCUT2D eigenvalue weighted by molar-refractivity contribution is 4.99. The first-order valence-electron chi connectivity index (χ1n) is 4.30. The standard InChI is InChI=1S/C9H15/c1-2-4-8(5-3-1)9-6-7-9/h6,8-9H,1-5,7H2. The van der Waals surface area contributed by atoms with Gasteiger partial charge >= 0.3 is 0 Å². The molecule has 0 aliphatic heterocycles. The van der Waals surface area contributed by atoms with Crippen molar-refractivity contribution < 1.29 is 0 Å². The quantitative estimate of drug-likeness (QED) is 0.503. The summed E-state index contributed by atoms with van der Waals surface area (Å²) < 4.78 is 0. The third-order valence-corrected chi connectivity index (χ3v) is 2.76. The Morgan fingerprint density at radius 2 is 1.67 bits per heavy atom. The molecule has 0 N–H and O–H groups in total. The van der Waals surface area contributed by atoms with Crippen LogP contribution in [0.1, 0.15) is 38.5 Å². The summed E-state index contributed by atoms with van der Waals surface area (Å²) in [6.45, 7) is 0. The Hall–Kier alpha value is 0. The van der Waals surface area contributed by atoms with E-state index >= 15 is 0 Å². The van der Waals surface area contributed by atoms with E-state index in [0.29, 0.717) is 0 Å². The molecule has 9 heavy (non-hydrogen) atoms.